The molecule has 0 fully saturated rings. The minimum Gasteiger partial charge on any atom is -0.494 e. The maximum absolute atomic E-state index is 5.73. The van der Waals surface area contributed by atoms with Gasteiger partial charge in [-0.1, -0.05) is 26.0 Å². The van der Waals surface area contributed by atoms with Crippen LogP contribution in [0.3, 0.4) is 0 Å². The standard InChI is InChI=1S/C17H25N3O/c1-4-11-21-15-8-6-7-14(12-15)16(18-5-2)13-17-19-9-10-20(17)3/h6-10,12,16,18H,4-5,11,13H2,1-3H3. The maximum atomic E-state index is 5.73. The van der Waals surface area contributed by atoms with E-state index in [1.54, 1.807) is 0 Å². The molecule has 4 heteroatoms. The van der Waals surface area contributed by atoms with E-state index in [4.69, 9.17) is 4.74 Å². The Morgan fingerprint density at radius 3 is 2.86 bits per heavy atom. The van der Waals surface area contributed by atoms with Crippen LogP contribution in [0.1, 0.15) is 37.7 Å². The molecular formula is C17H25N3O. The van der Waals surface area contributed by atoms with Crippen molar-refractivity contribution in [2.75, 3.05) is 13.2 Å². The smallest absolute Gasteiger partial charge is 0.119 e. The summed E-state index contributed by atoms with van der Waals surface area (Å²) < 4.78 is 7.81. The van der Waals surface area contributed by atoms with Crippen LogP contribution in [-0.4, -0.2) is 22.7 Å². The van der Waals surface area contributed by atoms with Gasteiger partial charge in [-0.2, -0.15) is 0 Å². The first kappa shape index (κ1) is 15.6. The van der Waals surface area contributed by atoms with E-state index in [2.05, 4.69) is 46.9 Å². The van der Waals surface area contributed by atoms with Crippen LogP contribution < -0.4 is 10.1 Å². The fourth-order valence-corrected chi connectivity index (χ4v) is 2.37. The zero-order valence-corrected chi connectivity index (χ0v) is 13.2. The van der Waals surface area contributed by atoms with Crippen LogP contribution >= 0.6 is 0 Å². The monoisotopic (exact) mass is 287 g/mol. The molecule has 0 saturated carbocycles. The molecule has 2 rings (SSSR count). The van der Waals surface area contributed by atoms with Crippen LogP contribution in [0.5, 0.6) is 5.75 Å². The maximum Gasteiger partial charge on any atom is 0.119 e. The van der Waals surface area contributed by atoms with Gasteiger partial charge in [-0.25, -0.2) is 4.98 Å². The van der Waals surface area contributed by atoms with Crippen LogP contribution in [0.4, 0.5) is 0 Å². The van der Waals surface area contributed by atoms with E-state index in [0.29, 0.717) is 0 Å². The fraction of sp³-hybridized carbons (Fsp3) is 0.471. The van der Waals surface area contributed by atoms with Gasteiger partial charge in [0.05, 0.1) is 6.61 Å². The molecule has 0 aliphatic rings. The van der Waals surface area contributed by atoms with E-state index in [-0.39, 0.29) is 6.04 Å². The van der Waals surface area contributed by atoms with E-state index >= 15 is 0 Å². The van der Waals surface area contributed by atoms with Crippen molar-refractivity contribution in [1.82, 2.24) is 14.9 Å². The minimum atomic E-state index is 0.251. The number of ether oxygens (including phenoxy) is 1. The molecule has 1 aromatic heterocycles. The Morgan fingerprint density at radius 1 is 1.33 bits per heavy atom. The predicted molar refractivity (Wildman–Crippen MR) is 85.6 cm³/mol. The molecule has 2 aromatic rings. The zero-order valence-electron chi connectivity index (χ0n) is 13.2. The summed E-state index contributed by atoms with van der Waals surface area (Å²) >= 11 is 0. The van der Waals surface area contributed by atoms with Crippen molar-refractivity contribution >= 4 is 0 Å². The Hall–Kier alpha value is -1.81. The topological polar surface area (TPSA) is 39.1 Å². The lowest BCUT2D eigenvalue weighted by atomic mass is 10.0. The van der Waals surface area contributed by atoms with Crippen molar-refractivity contribution in [2.45, 2.75) is 32.7 Å². The quantitative estimate of drug-likeness (QED) is 0.811. The molecule has 0 aliphatic carbocycles. The first-order valence-electron chi connectivity index (χ1n) is 7.67. The summed E-state index contributed by atoms with van der Waals surface area (Å²) in [6.45, 7) is 5.93. The first-order valence-corrected chi connectivity index (χ1v) is 7.67. The largest absolute Gasteiger partial charge is 0.494 e. The second-order valence-electron chi connectivity index (χ2n) is 5.19. The van der Waals surface area contributed by atoms with E-state index in [1.807, 2.05) is 25.5 Å². The van der Waals surface area contributed by atoms with Gasteiger partial charge in [0.2, 0.25) is 0 Å². The lowest BCUT2D eigenvalue weighted by Crippen LogP contribution is -2.24. The highest BCUT2D eigenvalue weighted by molar-refractivity contribution is 5.31. The van der Waals surface area contributed by atoms with Gasteiger partial charge in [0.25, 0.3) is 0 Å². The molecule has 0 bridgehead atoms. The molecule has 1 aromatic carbocycles. The summed E-state index contributed by atoms with van der Waals surface area (Å²) in [5.74, 6) is 2.03. The van der Waals surface area contributed by atoms with Crippen molar-refractivity contribution in [3.05, 3.63) is 48.0 Å². The van der Waals surface area contributed by atoms with Gasteiger partial charge in [-0.3, -0.25) is 0 Å². The normalized spacial score (nSPS) is 12.3. The summed E-state index contributed by atoms with van der Waals surface area (Å²) in [6, 6.07) is 8.61. The third-order valence-corrected chi connectivity index (χ3v) is 3.49. The Bertz CT molecular complexity index is 550. The predicted octanol–water partition coefficient (Wildman–Crippen LogP) is 3.10. The number of imidazole rings is 1. The summed E-state index contributed by atoms with van der Waals surface area (Å²) in [5.41, 5.74) is 1.24. The molecule has 0 aliphatic heterocycles. The van der Waals surface area contributed by atoms with Crippen molar-refractivity contribution in [3.63, 3.8) is 0 Å². The van der Waals surface area contributed by atoms with Gasteiger partial charge in [0.15, 0.2) is 0 Å². The number of hydrogen-bond donors (Lipinski definition) is 1. The van der Waals surface area contributed by atoms with E-state index in [1.165, 1.54) is 5.56 Å². The lowest BCUT2D eigenvalue weighted by Gasteiger charge is -2.19. The molecular weight excluding hydrogens is 262 g/mol. The zero-order chi connectivity index (χ0) is 15.1. The van der Waals surface area contributed by atoms with Gasteiger partial charge in [-0.05, 0) is 30.7 Å². The second kappa shape index (κ2) is 7.84. The highest BCUT2D eigenvalue weighted by atomic mass is 16.5. The molecule has 1 atom stereocenters. The number of benzene rings is 1. The molecule has 4 nitrogen and oxygen atoms in total. The third-order valence-electron chi connectivity index (χ3n) is 3.49. The minimum absolute atomic E-state index is 0.251. The second-order valence-corrected chi connectivity index (χ2v) is 5.19. The highest BCUT2D eigenvalue weighted by Gasteiger charge is 2.14. The van der Waals surface area contributed by atoms with E-state index in [0.717, 1.165) is 37.6 Å². The van der Waals surface area contributed by atoms with Crippen molar-refractivity contribution in [1.29, 1.82) is 0 Å². The SMILES string of the molecule is CCCOc1cccc(C(Cc2nccn2C)NCC)c1. The molecule has 1 heterocycles. The average Bonchev–Trinajstić information content (AvgIpc) is 2.90. The van der Waals surface area contributed by atoms with Gasteiger partial charge in [0.1, 0.15) is 11.6 Å². The third kappa shape index (κ3) is 4.33. The van der Waals surface area contributed by atoms with Crippen LogP contribution in [0, 0.1) is 0 Å². The van der Waals surface area contributed by atoms with Crippen molar-refractivity contribution < 1.29 is 4.74 Å². The van der Waals surface area contributed by atoms with Crippen molar-refractivity contribution in [2.24, 2.45) is 7.05 Å². The molecule has 0 radical (unpaired) electrons. The molecule has 1 unspecified atom stereocenters. The molecule has 0 saturated heterocycles. The number of aromatic nitrogens is 2. The number of rotatable bonds is 8. The lowest BCUT2D eigenvalue weighted by molar-refractivity contribution is 0.316. The van der Waals surface area contributed by atoms with Gasteiger partial charge >= 0.3 is 0 Å². The Morgan fingerprint density at radius 2 is 2.19 bits per heavy atom. The fourth-order valence-electron chi connectivity index (χ4n) is 2.37. The van der Waals surface area contributed by atoms with Gasteiger partial charge in [-0.15, -0.1) is 0 Å². The molecule has 21 heavy (non-hydrogen) atoms. The van der Waals surface area contributed by atoms with E-state index in [9.17, 15) is 0 Å². The molecule has 114 valence electrons. The molecule has 0 amide bonds. The number of likely N-dealkylation sites (N-methyl/N-ethyl adjacent to an activating group) is 1. The van der Waals surface area contributed by atoms with Gasteiger partial charge in [0, 0.05) is 31.9 Å². The van der Waals surface area contributed by atoms with Crippen LogP contribution in [0.15, 0.2) is 36.7 Å². The van der Waals surface area contributed by atoms with Crippen LogP contribution in [0.25, 0.3) is 0 Å². The van der Waals surface area contributed by atoms with Crippen molar-refractivity contribution in [3.8, 4) is 5.75 Å². The number of nitrogens with one attached hydrogen (secondary N) is 1. The Balaban J connectivity index is 2.15. The summed E-state index contributed by atoms with van der Waals surface area (Å²) in [7, 11) is 2.03. The Kier molecular flexibility index (Phi) is 5.81. The summed E-state index contributed by atoms with van der Waals surface area (Å²) in [6.07, 6.45) is 5.72. The first-order chi connectivity index (χ1) is 10.2. The van der Waals surface area contributed by atoms with Crippen LogP contribution in [-0.2, 0) is 13.5 Å². The van der Waals surface area contributed by atoms with Gasteiger partial charge < -0.3 is 14.6 Å². The number of aryl methyl sites for hydroxylation is 1. The van der Waals surface area contributed by atoms with E-state index < -0.39 is 0 Å². The summed E-state index contributed by atoms with van der Waals surface area (Å²) in [5, 5.41) is 3.54. The highest BCUT2D eigenvalue weighted by Crippen LogP contribution is 2.22. The summed E-state index contributed by atoms with van der Waals surface area (Å²) in [4.78, 5) is 4.43. The molecule has 0 spiro atoms. The number of nitrogens with zero attached hydrogens (tertiary/aromatic N) is 2. The average molecular weight is 287 g/mol. The van der Waals surface area contributed by atoms with Crippen LogP contribution in [0.2, 0.25) is 0 Å². The Labute approximate surface area is 127 Å². The molecule has 1 N–H and O–H groups in total. The number of hydrogen-bond acceptors (Lipinski definition) is 3.